The van der Waals surface area contributed by atoms with Crippen LogP contribution in [0.4, 0.5) is 13.2 Å². The van der Waals surface area contributed by atoms with E-state index < -0.39 is 17.8 Å². The van der Waals surface area contributed by atoms with Crippen LogP contribution >= 0.6 is 15.9 Å². The first kappa shape index (κ1) is 15.1. The summed E-state index contributed by atoms with van der Waals surface area (Å²) in [5, 5.41) is 0. The van der Waals surface area contributed by atoms with E-state index in [0.29, 0.717) is 10.0 Å². The highest BCUT2D eigenvalue weighted by Gasteiger charge is 2.31. The highest BCUT2D eigenvalue weighted by atomic mass is 79.9. The van der Waals surface area contributed by atoms with Gasteiger partial charge in [0.15, 0.2) is 0 Å². The lowest BCUT2D eigenvalue weighted by Crippen LogP contribution is -2.14. The summed E-state index contributed by atoms with van der Waals surface area (Å²) in [7, 11) is 0. The summed E-state index contributed by atoms with van der Waals surface area (Å²) in [6.45, 7) is 1.94. The second-order valence-electron chi connectivity index (χ2n) is 4.62. The third-order valence-electron chi connectivity index (χ3n) is 3.09. The molecule has 20 heavy (non-hydrogen) atoms. The molecule has 1 nitrogen and oxygen atoms in total. The Labute approximate surface area is 123 Å². The zero-order valence-corrected chi connectivity index (χ0v) is 12.3. The van der Waals surface area contributed by atoms with Gasteiger partial charge in [0, 0.05) is 4.47 Å². The number of hydrogen-bond donors (Lipinski definition) is 1. The fraction of sp³-hybridized carbons (Fsp3) is 0.200. The van der Waals surface area contributed by atoms with Gasteiger partial charge >= 0.3 is 6.18 Å². The van der Waals surface area contributed by atoms with Gasteiger partial charge in [-0.15, -0.1) is 0 Å². The molecule has 0 heterocycles. The summed E-state index contributed by atoms with van der Waals surface area (Å²) in [4.78, 5) is 0. The topological polar surface area (TPSA) is 26.0 Å². The van der Waals surface area contributed by atoms with Gasteiger partial charge in [-0.2, -0.15) is 13.2 Å². The molecule has 0 aliphatic carbocycles. The van der Waals surface area contributed by atoms with Crippen molar-refractivity contribution in [3.63, 3.8) is 0 Å². The molecule has 1 atom stereocenters. The standard InChI is InChI=1S/C15H13BrF3N/c1-9-2-4-10(5-3-9)14(20)12-8-11(15(17,18)19)6-7-13(12)16/h2-8,14H,20H2,1H3. The molecule has 2 N–H and O–H groups in total. The van der Waals surface area contributed by atoms with Crippen LogP contribution < -0.4 is 5.73 Å². The number of rotatable bonds is 2. The molecule has 0 aromatic heterocycles. The van der Waals surface area contributed by atoms with Gasteiger partial charge in [0.05, 0.1) is 11.6 Å². The van der Waals surface area contributed by atoms with E-state index in [1.165, 1.54) is 6.07 Å². The van der Waals surface area contributed by atoms with Crippen molar-refractivity contribution in [1.29, 1.82) is 0 Å². The van der Waals surface area contributed by atoms with Crippen molar-refractivity contribution in [1.82, 2.24) is 0 Å². The first-order chi connectivity index (χ1) is 9.29. The average Bonchev–Trinajstić information content (AvgIpc) is 2.38. The smallest absolute Gasteiger partial charge is 0.320 e. The van der Waals surface area contributed by atoms with Crippen LogP contribution in [-0.4, -0.2) is 0 Å². The highest BCUT2D eigenvalue weighted by molar-refractivity contribution is 9.10. The summed E-state index contributed by atoms with van der Waals surface area (Å²) >= 11 is 3.26. The summed E-state index contributed by atoms with van der Waals surface area (Å²) in [6.07, 6.45) is -4.37. The van der Waals surface area contributed by atoms with Gasteiger partial charge in [0.1, 0.15) is 0 Å². The summed E-state index contributed by atoms with van der Waals surface area (Å²) in [5.74, 6) is 0. The zero-order valence-electron chi connectivity index (χ0n) is 10.7. The molecule has 0 aliphatic rings. The molecule has 1 unspecified atom stereocenters. The molecule has 0 bridgehead atoms. The Balaban J connectivity index is 2.43. The Hall–Kier alpha value is -1.33. The summed E-state index contributed by atoms with van der Waals surface area (Å²) in [5.41, 5.74) is 7.65. The monoisotopic (exact) mass is 343 g/mol. The lowest BCUT2D eigenvalue weighted by molar-refractivity contribution is -0.137. The maximum Gasteiger partial charge on any atom is 0.416 e. The van der Waals surface area contributed by atoms with Crippen molar-refractivity contribution in [2.75, 3.05) is 0 Å². The number of benzene rings is 2. The summed E-state index contributed by atoms with van der Waals surface area (Å²) in [6, 6.07) is 10.3. The maximum absolute atomic E-state index is 12.8. The van der Waals surface area contributed by atoms with Crippen LogP contribution in [0.3, 0.4) is 0 Å². The van der Waals surface area contributed by atoms with Gasteiger partial charge in [-0.1, -0.05) is 45.8 Å². The third-order valence-corrected chi connectivity index (χ3v) is 3.82. The largest absolute Gasteiger partial charge is 0.416 e. The molecular formula is C15H13BrF3N. The second-order valence-corrected chi connectivity index (χ2v) is 5.48. The number of alkyl halides is 3. The summed E-state index contributed by atoms with van der Waals surface area (Å²) < 4.78 is 38.9. The molecule has 0 saturated carbocycles. The van der Waals surface area contributed by atoms with Crippen LogP contribution in [0.25, 0.3) is 0 Å². The van der Waals surface area contributed by atoms with E-state index in [0.717, 1.165) is 23.3 Å². The molecule has 0 fully saturated rings. The number of hydrogen-bond acceptors (Lipinski definition) is 1. The number of aryl methyl sites for hydroxylation is 1. The van der Waals surface area contributed by atoms with Gasteiger partial charge in [-0.25, -0.2) is 0 Å². The number of halogens is 4. The normalized spacial score (nSPS) is 13.3. The quantitative estimate of drug-likeness (QED) is 0.830. The minimum absolute atomic E-state index is 0.420. The molecule has 2 rings (SSSR count). The van der Waals surface area contributed by atoms with Gasteiger partial charge in [0.2, 0.25) is 0 Å². The van der Waals surface area contributed by atoms with E-state index in [2.05, 4.69) is 15.9 Å². The molecule has 0 spiro atoms. The van der Waals surface area contributed by atoms with Crippen LogP contribution in [0, 0.1) is 6.92 Å². The fourth-order valence-corrected chi connectivity index (χ4v) is 2.41. The Morgan fingerprint density at radius 3 is 2.20 bits per heavy atom. The Kier molecular flexibility index (Phi) is 4.20. The molecule has 0 radical (unpaired) electrons. The second kappa shape index (κ2) is 5.58. The molecule has 106 valence electrons. The van der Waals surface area contributed by atoms with E-state index in [1.54, 1.807) is 0 Å². The minimum Gasteiger partial charge on any atom is -0.320 e. The van der Waals surface area contributed by atoms with Crippen LogP contribution in [0.5, 0.6) is 0 Å². The first-order valence-electron chi connectivity index (χ1n) is 5.98. The van der Waals surface area contributed by atoms with Crippen LogP contribution in [0.1, 0.15) is 28.3 Å². The van der Waals surface area contributed by atoms with E-state index in [4.69, 9.17) is 5.73 Å². The lowest BCUT2D eigenvalue weighted by atomic mass is 9.97. The van der Waals surface area contributed by atoms with Gasteiger partial charge in [-0.05, 0) is 36.2 Å². The predicted octanol–water partition coefficient (Wildman–Crippen LogP) is 4.82. The first-order valence-corrected chi connectivity index (χ1v) is 6.77. The zero-order chi connectivity index (χ0) is 14.9. The highest BCUT2D eigenvalue weighted by Crippen LogP contribution is 2.34. The SMILES string of the molecule is Cc1ccc(C(N)c2cc(C(F)(F)F)ccc2Br)cc1. The van der Waals surface area contributed by atoms with E-state index in [1.807, 2.05) is 31.2 Å². The van der Waals surface area contributed by atoms with E-state index in [9.17, 15) is 13.2 Å². The van der Waals surface area contributed by atoms with E-state index >= 15 is 0 Å². The fourth-order valence-electron chi connectivity index (χ4n) is 1.91. The van der Waals surface area contributed by atoms with Crippen molar-refractivity contribution in [3.05, 3.63) is 69.2 Å². The molecule has 5 heteroatoms. The Morgan fingerprint density at radius 1 is 1.05 bits per heavy atom. The molecule has 2 aromatic rings. The predicted molar refractivity (Wildman–Crippen MR) is 76.4 cm³/mol. The van der Waals surface area contributed by atoms with Crippen molar-refractivity contribution in [2.24, 2.45) is 5.73 Å². The van der Waals surface area contributed by atoms with Crippen LogP contribution in [0.2, 0.25) is 0 Å². The van der Waals surface area contributed by atoms with Gasteiger partial charge < -0.3 is 5.73 Å². The van der Waals surface area contributed by atoms with E-state index in [-0.39, 0.29) is 0 Å². The molecule has 0 amide bonds. The van der Waals surface area contributed by atoms with Crippen molar-refractivity contribution in [3.8, 4) is 0 Å². The van der Waals surface area contributed by atoms with Crippen LogP contribution in [-0.2, 0) is 6.18 Å². The van der Waals surface area contributed by atoms with Gasteiger partial charge in [-0.3, -0.25) is 0 Å². The lowest BCUT2D eigenvalue weighted by Gasteiger charge is -2.17. The Morgan fingerprint density at radius 2 is 1.65 bits per heavy atom. The van der Waals surface area contributed by atoms with Gasteiger partial charge in [0.25, 0.3) is 0 Å². The van der Waals surface area contributed by atoms with Crippen LogP contribution in [0.15, 0.2) is 46.9 Å². The average molecular weight is 344 g/mol. The minimum atomic E-state index is -4.37. The van der Waals surface area contributed by atoms with Crippen molar-refractivity contribution < 1.29 is 13.2 Å². The molecule has 0 aliphatic heterocycles. The molecule has 2 aromatic carbocycles. The maximum atomic E-state index is 12.8. The third kappa shape index (κ3) is 3.22. The van der Waals surface area contributed by atoms with Crippen molar-refractivity contribution in [2.45, 2.75) is 19.1 Å². The molecule has 0 saturated heterocycles. The Bertz CT molecular complexity index is 606. The molecular weight excluding hydrogens is 331 g/mol. The van der Waals surface area contributed by atoms with Crippen molar-refractivity contribution >= 4 is 15.9 Å². The number of nitrogens with two attached hydrogens (primary N) is 1.